The van der Waals surface area contributed by atoms with Gasteiger partial charge >= 0.3 is 17.2 Å². The van der Waals surface area contributed by atoms with Crippen LogP contribution in [0.4, 0.5) is 22.0 Å². The molecule has 1 aliphatic rings. The van der Waals surface area contributed by atoms with Crippen molar-refractivity contribution in [3.05, 3.63) is 0 Å². The smallest absolute Gasteiger partial charge is 0.240 e. The molecule has 66 valence electrons. The summed E-state index contributed by atoms with van der Waals surface area (Å²) in [6.07, 6.45) is -9.31. The van der Waals surface area contributed by atoms with Gasteiger partial charge in [0.2, 0.25) is 0 Å². The van der Waals surface area contributed by atoms with Gasteiger partial charge in [0.15, 0.2) is 0 Å². The molecule has 0 aliphatic carbocycles. The zero-order valence-corrected chi connectivity index (χ0v) is 6.17. The van der Waals surface area contributed by atoms with E-state index in [0.717, 1.165) is 0 Å². The van der Waals surface area contributed by atoms with Crippen LogP contribution in [0.15, 0.2) is 0 Å². The molecule has 1 saturated heterocycles. The summed E-state index contributed by atoms with van der Waals surface area (Å²) in [5.41, 5.74) is 0. The molecule has 1 aliphatic heterocycles. The Kier molecular flexibility index (Phi) is 1.70. The molecular weight excluding hydrogens is 243 g/mol. The zero-order chi connectivity index (χ0) is 8.91. The van der Waals surface area contributed by atoms with Gasteiger partial charge in [-0.1, -0.05) is 0 Å². The fourth-order valence-corrected chi connectivity index (χ4v) is 0.707. The Morgan fingerprint density at radius 3 is 1.45 bits per heavy atom. The fourth-order valence-electron chi connectivity index (χ4n) is 0.438. The first-order valence-corrected chi connectivity index (χ1v) is 2.99. The lowest BCUT2D eigenvalue weighted by Gasteiger charge is -2.13. The van der Waals surface area contributed by atoms with E-state index >= 15 is 0 Å². The highest BCUT2D eigenvalue weighted by molar-refractivity contribution is 9.10. The minimum Gasteiger partial charge on any atom is -0.240 e. The summed E-state index contributed by atoms with van der Waals surface area (Å²) >= 11 is 1.60. The molecule has 0 bridgehead atoms. The quantitative estimate of drug-likeness (QED) is 0.479. The third-order valence-electron chi connectivity index (χ3n) is 0.833. The van der Waals surface area contributed by atoms with Crippen LogP contribution >= 0.6 is 15.9 Å². The molecule has 0 aromatic heterocycles. The highest BCUT2D eigenvalue weighted by atomic mass is 79.9. The molecule has 0 spiro atoms. The first kappa shape index (κ1) is 9.14. The Balaban J connectivity index is 2.89. The average molecular weight is 243 g/mol. The van der Waals surface area contributed by atoms with Crippen molar-refractivity contribution in [2.45, 2.75) is 17.2 Å². The van der Waals surface area contributed by atoms with Crippen LogP contribution < -0.4 is 0 Å². The third kappa shape index (κ3) is 1.47. The van der Waals surface area contributed by atoms with Crippen LogP contribution in [0.1, 0.15) is 0 Å². The van der Waals surface area contributed by atoms with E-state index in [0.29, 0.717) is 0 Å². The molecule has 0 saturated carbocycles. The lowest BCUT2D eigenvalue weighted by molar-refractivity contribution is -0.385. The van der Waals surface area contributed by atoms with Crippen molar-refractivity contribution in [2.75, 3.05) is 0 Å². The Labute approximate surface area is 65.4 Å². The summed E-state index contributed by atoms with van der Waals surface area (Å²) < 4.78 is 61.2. The molecule has 2 nitrogen and oxygen atoms in total. The van der Waals surface area contributed by atoms with Gasteiger partial charge in [-0.3, -0.25) is 0 Å². The highest BCUT2D eigenvalue weighted by Gasteiger charge is 2.72. The molecule has 0 aromatic carbocycles. The van der Waals surface area contributed by atoms with E-state index in [2.05, 4.69) is 9.47 Å². The lowest BCUT2D eigenvalue weighted by Crippen LogP contribution is -2.34. The minimum absolute atomic E-state index is 1.60. The number of halogens is 6. The van der Waals surface area contributed by atoms with Crippen molar-refractivity contribution in [1.29, 1.82) is 0 Å². The highest BCUT2D eigenvalue weighted by Crippen LogP contribution is 2.52. The standard InChI is InChI=1S/C3BrF5O2/c4-1(5)2(6,7)11-3(8,9)10-1. The lowest BCUT2D eigenvalue weighted by atomic mass is 10.6. The molecule has 0 N–H and O–H groups in total. The minimum atomic E-state index is -4.70. The van der Waals surface area contributed by atoms with Crippen molar-refractivity contribution < 1.29 is 31.4 Å². The first-order valence-electron chi connectivity index (χ1n) is 2.20. The van der Waals surface area contributed by atoms with E-state index in [9.17, 15) is 22.0 Å². The summed E-state index contributed by atoms with van der Waals surface area (Å²) in [7, 11) is 0. The molecule has 1 fully saturated rings. The second-order valence-corrected chi connectivity index (χ2v) is 2.72. The summed E-state index contributed by atoms with van der Waals surface area (Å²) in [4.78, 5) is 0. The molecule has 0 aromatic rings. The number of hydrogen-bond acceptors (Lipinski definition) is 2. The molecule has 11 heavy (non-hydrogen) atoms. The maximum atomic E-state index is 12.2. The van der Waals surface area contributed by atoms with Crippen molar-refractivity contribution in [3.63, 3.8) is 0 Å². The van der Waals surface area contributed by atoms with Crippen molar-refractivity contribution >= 4 is 15.9 Å². The zero-order valence-electron chi connectivity index (χ0n) is 4.58. The van der Waals surface area contributed by atoms with E-state index < -0.39 is 17.2 Å². The SMILES string of the molecule is FC1(F)OC(F)(F)C(F)(Br)O1. The van der Waals surface area contributed by atoms with Gasteiger partial charge in [0.1, 0.15) is 0 Å². The van der Waals surface area contributed by atoms with E-state index in [1.165, 1.54) is 0 Å². The topological polar surface area (TPSA) is 18.5 Å². The Bertz CT molecular complexity index is 163. The Morgan fingerprint density at radius 1 is 0.909 bits per heavy atom. The van der Waals surface area contributed by atoms with Crippen LogP contribution in [0.2, 0.25) is 0 Å². The van der Waals surface area contributed by atoms with Crippen LogP contribution in [-0.4, -0.2) is 17.2 Å². The van der Waals surface area contributed by atoms with Gasteiger partial charge in [-0.05, 0) is 15.9 Å². The van der Waals surface area contributed by atoms with Crippen LogP contribution in [0, 0.1) is 0 Å². The summed E-state index contributed by atoms with van der Waals surface area (Å²) in [6, 6.07) is 0. The molecule has 1 heterocycles. The summed E-state index contributed by atoms with van der Waals surface area (Å²) in [5, 5.41) is 0. The van der Waals surface area contributed by atoms with Crippen molar-refractivity contribution in [3.8, 4) is 0 Å². The number of rotatable bonds is 0. The van der Waals surface area contributed by atoms with E-state index in [4.69, 9.17) is 0 Å². The molecule has 1 atom stereocenters. The van der Waals surface area contributed by atoms with E-state index in [-0.39, 0.29) is 0 Å². The molecular formula is C3BrF5O2. The van der Waals surface area contributed by atoms with Gasteiger partial charge in [0, 0.05) is 0 Å². The third-order valence-corrected chi connectivity index (χ3v) is 1.46. The Morgan fingerprint density at radius 2 is 1.36 bits per heavy atom. The second-order valence-electron chi connectivity index (χ2n) is 1.70. The van der Waals surface area contributed by atoms with Crippen LogP contribution in [-0.2, 0) is 9.47 Å². The van der Waals surface area contributed by atoms with Gasteiger partial charge < -0.3 is 0 Å². The van der Waals surface area contributed by atoms with Crippen LogP contribution in [0.5, 0.6) is 0 Å². The molecule has 0 amide bonds. The van der Waals surface area contributed by atoms with Gasteiger partial charge in [-0.25, -0.2) is 9.47 Å². The fraction of sp³-hybridized carbons (Fsp3) is 1.00. The van der Waals surface area contributed by atoms with E-state index in [1.807, 2.05) is 0 Å². The average Bonchev–Trinajstić information content (AvgIpc) is 1.66. The van der Waals surface area contributed by atoms with Crippen molar-refractivity contribution in [2.24, 2.45) is 0 Å². The number of alkyl halides is 6. The molecule has 0 radical (unpaired) electrons. The maximum absolute atomic E-state index is 12.2. The maximum Gasteiger partial charge on any atom is 0.493 e. The van der Waals surface area contributed by atoms with Crippen molar-refractivity contribution in [1.82, 2.24) is 0 Å². The molecule has 1 unspecified atom stereocenters. The largest absolute Gasteiger partial charge is 0.493 e. The monoisotopic (exact) mass is 242 g/mol. The van der Waals surface area contributed by atoms with Crippen LogP contribution in [0.3, 0.4) is 0 Å². The van der Waals surface area contributed by atoms with Gasteiger partial charge in [-0.15, -0.1) is 8.78 Å². The van der Waals surface area contributed by atoms with Gasteiger partial charge in [0.25, 0.3) is 0 Å². The normalized spacial score (nSPS) is 40.9. The second kappa shape index (κ2) is 2.05. The van der Waals surface area contributed by atoms with E-state index in [1.54, 1.807) is 15.9 Å². The summed E-state index contributed by atoms with van der Waals surface area (Å²) in [5.74, 6) is 0. The van der Waals surface area contributed by atoms with Crippen LogP contribution in [0.25, 0.3) is 0 Å². The Hall–Kier alpha value is 0.0500. The molecule has 8 heteroatoms. The van der Waals surface area contributed by atoms with Gasteiger partial charge in [0.05, 0.1) is 0 Å². The predicted molar refractivity (Wildman–Crippen MR) is 24.8 cm³/mol. The summed E-state index contributed by atoms with van der Waals surface area (Å²) in [6.45, 7) is 0. The first-order chi connectivity index (χ1) is 4.66. The number of hydrogen-bond donors (Lipinski definition) is 0. The molecule has 1 rings (SSSR count). The number of ether oxygens (including phenoxy) is 2. The van der Waals surface area contributed by atoms with Gasteiger partial charge in [-0.2, -0.15) is 13.2 Å². The predicted octanol–water partition coefficient (Wildman–Crippen LogP) is 2.19.